The van der Waals surface area contributed by atoms with E-state index in [4.69, 9.17) is 14.2 Å². The first-order valence-electron chi connectivity index (χ1n) is 9.38. The first-order valence-corrected chi connectivity index (χ1v) is 10.2. The molecule has 11 heteroatoms. The summed E-state index contributed by atoms with van der Waals surface area (Å²) >= 11 is 1.07. The number of aromatic nitrogens is 1. The Hall–Kier alpha value is -3.73. The largest absolute Gasteiger partial charge is 0.486 e. The van der Waals surface area contributed by atoms with E-state index in [1.807, 2.05) is 0 Å². The van der Waals surface area contributed by atoms with Crippen LogP contribution in [0.1, 0.15) is 17.3 Å². The summed E-state index contributed by atoms with van der Waals surface area (Å²) in [6, 6.07) is 9.01. The lowest BCUT2D eigenvalue weighted by atomic mass is 10.2. The van der Waals surface area contributed by atoms with Gasteiger partial charge in [0, 0.05) is 17.7 Å². The minimum absolute atomic E-state index is 0.0956. The molecule has 1 amide bonds. The molecule has 10 nitrogen and oxygen atoms in total. The van der Waals surface area contributed by atoms with Gasteiger partial charge in [0.25, 0.3) is 11.6 Å². The van der Waals surface area contributed by atoms with Crippen LogP contribution in [0.15, 0.2) is 41.4 Å². The summed E-state index contributed by atoms with van der Waals surface area (Å²) < 4.78 is 18.0. The number of fused-ring (bicyclic) bond motifs is 2. The van der Waals surface area contributed by atoms with Gasteiger partial charge >= 0.3 is 5.97 Å². The second-order valence-corrected chi connectivity index (χ2v) is 7.47. The molecule has 2 heterocycles. The second kappa shape index (κ2) is 8.56. The Bertz CT molecular complexity index is 1260. The number of nitro groups is 1. The normalized spacial score (nSPS) is 13.3. The number of nitrogens with zero attached hydrogens (tertiary/aromatic N) is 3. The number of hydrogen-bond donors (Lipinski definition) is 0. The van der Waals surface area contributed by atoms with Crippen molar-refractivity contribution < 1.29 is 28.7 Å². The molecule has 1 aromatic heterocycles. The Morgan fingerprint density at radius 2 is 1.97 bits per heavy atom. The number of hydrogen-bond acceptors (Lipinski definition) is 8. The summed E-state index contributed by atoms with van der Waals surface area (Å²) in [4.78, 5) is 39.9. The average Bonchev–Trinajstić information content (AvgIpc) is 3.09. The van der Waals surface area contributed by atoms with Crippen molar-refractivity contribution in [1.82, 2.24) is 4.57 Å². The predicted molar refractivity (Wildman–Crippen MR) is 110 cm³/mol. The highest BCUT2D eigenvalue weighted by atomic mass is 32.1. The lowest BCUT2D eigenvalue weighted by molar-refractivity contribution is -0.384. The number of esters is 1. The smallest absolute Gasteiger partial charge is 0.326 e. The van der Waals surface area contributed by atoms with Gasteiger partial charge in [-0.05, 0) is 31.2 Å². The van der Waals surface area contributed by atoms with Crippen LogP contribution in [-0.2, 0) is 16.1 Å². The molecule has 31 heavy (non-hydrogen) atoms. The molecule has 3 aromatic rings. The maximum atomic E-state index is 12.8. The third-order valence-electron chi connectivity index (χ3n) is 4.46. The van der Waals surface area contributed by atoms with Crippen molar-refractivity contribution in [1.29, 1.82) is 0 Å². The fourth-order valence-electron chi connectivity index (χ4n) is 3.08. The third kappa shape index (κ3) is 4.26. The van der Waals surface area contributed by atoms with E-state index in [0.29, 0.717) is 34.9 Å². The topological polar surface area (TPSA) is 122 Å². The van der Waals surface area contributed by atoms with Gasteiger partial charge in [0.2, 0.25) is 0 Å². The predicted octanol–water partition coefficient (Wildman–Crippen LogP) is 2.69. The second-order valence-electron chi connectivity index (χ2n) is 6.46. The van der Waals surface area contributed by atoms with Gasteiger partial charge in [0.15, 0.2) is 16.3 Å². The Morgan fingerprint density at radius 1 is 1.19 bits per heavy atom. The summed E-state index contributed by atoms with van der Waals surface area (Å²) in [6.07, 6.45) is 0. The molecule has 0 aliphatic carbocycles. The van der Waals surface area contributed by atoms with Crippen molar-refractivity contribution in [3.8, 4) is 11.5 Å². The van der Waals surface area contributed by atoms with E-state index in [2.05, 4.69) is 4.99 Å². The minimum atomic E-state index is -0.546. The third-order valence-corrected chi connectivity index (χ3v) is 5.50. The van der Waals surface area contributed by atoms with Crippen molar-refractivity contribution in [2.24, 2.45) is 4.99 Å². The molecule has 1 aliphatic rings. The van der Waals surface area contributed by atoms with E-state index >= 15 is 0 Å². The first-order chi connectivity index (χ1) is 15.0. The summed E-state index contributed by atoms with van der Waals surface area (Å²) in [7, 11) is 0. The van der Waals surface area contributed by atoms with Crippen molar-refractivity contribution in [3.63, 3.8) is 0 Å². The molecule has 0 fully saturated rings. The molecule has 4 rings (SSSR count). The van der Waals surface area contributed by atoms with Crippen LogP contribution in [-0.4, -0.2) is 41.2 Å². The molecule has 0 saturated heterocycles. The fraction of sp³-hybridized carbons (Fsp3) is 0.250. The van der Waals surface area contributed by atoms with Gasteiger partial charge in [0.05, 0.1) is 21.7 Å². The van der Waals surface area contributed by atoms with Gasteiger partial charge < -0.3 is 18.8 Å². The quantitative estimate of drug-likeness (QED) is 0.337. The van der Waals surface area contributed by atoms with Crippen LogP contribution in [0.3, 0.4) is 0 Å². The van der Waals surface area contributed by atoms with E-state index < -0.39 is 16.8 Å². The molecular formula is C20H17N3O7S. The van der Waals surface area contributed by atoms with Gasteiger partial charge in [-0.1, -0.05) is 11.3 Å². The van der Waals surface area contributed by atoms with Gasteiger partial charge in [-0.25, -0.2) is 0 Å². The lowest BCUT2D eigenvalue weighted by Gasteiger charge is -2.18. The SMILES string of the molecule is CCOC(=O)Cn1c(=NC(=O)c2ccc3c(c2)OCCO3)sc2cc([N+](=O)[O-])ccc21. The van der Waals surface area contributed by atoms with Crippen LogP contribution in [0.5, 0.6) is 11.5 Å². The number of thiazole rings is 1. The number of carbonyl (C=O) groups is 2. The molecule has 160 valence electrons. The summed E-state index contributed by atoms with van der Waals surface area (Å²) in [5.41, 5.74) is 0.731. The first kappa shape index (κ1) is 20.5. The summed E-state index contributed by atoms with van der Waals surface area (Å²) in [5, 5.41) is 11.1. The number of carbonyl (C=O) groups excluding carboxylic acids is 2. The number of nitro benzene ring substituents is 1. The molecule has 0 N–H and O–H groups in total. The zero-order chi connectivity index (χ0) is 22.0. The number of rotatable bonds is 5. The molecule has 0 unspecified atom stereocenters. The van der Waals surface area contributed by atoms with Gasteiger partial charge in [0.1, 0.15) is 19.8 Å². The van der Waals surface area contributed by atoms with Gasteiger partial charge in [-0.3, -0.25) is 19.7 Å². The number of ether oxygens (including phenoxy) is 3. The maximum absolute atomic E-state index is 12.8. The van der Waals surface area contributed by atoms with Crippen molar-refractivity contribution in [2.75, 3.05) is 19.8 Å². The molecule has 0 radical (unpaired) electrons. The fourth-order valence-corrected chi connectivity index (χ4v) is 4.14. The maximum Gasteiger partial charge on any atom is 0.326 e. The van der Waals surface area contributed by atoms with Crippen LogP contribution < -0.4 is 14.3 Å². The minimum Gasteiger partial charge on any atom is -0.486 e. The van der Waals surface area contributed by atoms with Crippen LogP contribution in [0.4, 0.5) is 5.69 Å². The van der Waals surface area contributed by atoms with E-state index in [1.165, 1.54) is 22.8 Å². The van der Waals surface area contributed by atoms with Crippen LogP contribution in [0.25, 0.3) is 10.2 Å². The zero-order valence-corrected chi connectivity index (χ0v) is 17.2. The standard InChI is InChI=1S/C20H17N3O7S/c1-2-28-18(24)11-22-14-5-4-13(23(26)27)10-17(14)31-20(22)21-19(25)12-3-6-15-16(9-12)30-8-7-29-15/h3-6,9-10H,2,7-8,11H2,1H3. The van der Waals surface area contributed by atoms with Crippen molar-refractivity contribution in [2.45, 2.75) is 13.5 Å². The van der Waals surface area contributed by atoms with Crippen molar-refractivity contribution in [3.05, 3.63) is 56.9 Å². The Balaban J connectivity index is 1.78. The van der Waals surface area contributed by atoms with Crippen LogP contribution in [0, 0.1) is 10.1 Å². The molecular weight excluding hydrogens is 426 g/mol. The van der Waals surface area contributed by atoms with Gasteiger partial charge in [-0.2, -0.15) is 4.99 Å². The summed E-state index contributed by atoms with van der Waals surface area (Å²) in [5.74, 6) is -0.0440. The highest BCUT2D eigenvalue weighted by Crippen LogP contribution is 2.31. The van der Waals surface area contributed by atoms with E-state index in [9.17, 15) is 19.7 Å². The molecule has 2 aromatic carbocycles. The Morgan fingerprint density at radius 3 is 2.71 bits per heavy atom. The van der Waals surface area contributed by atoms with Crippen LogP contribution in [0.2, 0.25) is 0 Å². The van der Waals surface area contributed by atoms with Gasteiger partial charge in [-0.15, -0.1) is 0 Å². The van der Waals surface area contributed by atoms with Crippen LogP contribution >= 0.6 is 11.3 Å². The molecule has 0 bridgehead atoms. The molecule has 0 saturated carbocycles. The van der Waals surface area contributed by atoms with E-state index in [-0.39, 0.29) is 29.2 Å². The molecule has 0 spiro atoms. The monoisotopic (exact) mass is 443 g/mol. The average molecular weight is 443 g/mol. The number of non-ortho nitro benzene ring substituents is 1. The number of amides is 1. The van der Waals surface area contributed by atoms with E-state index in [1.54, 1.807) is 25.1 Å². The Labute approximate surface area is 179 Å². The zero-order valence-electron chi connectivity index (χ0n) is 16.4. The highest BCUT2D eigenvalue weighted by molar-refractivity contribution is 7.16. The summed E-state index contributed by atoms with van der Waals surface area (Å²) in [6.45, 7) is 2.53. The lowest BCUT2D eigenvalue weighted by Crippen LogP contribution is -2.23. The molecule has 1 aliphatic heterocycles. The highest BCUT2D eigenvalue weighted by Gasteiger charge is 2.17. The molecule has 0 atom stereocenters. The van der Waals surface area contributed by atoms with Crippen molar-refractivity contribution >= 4 is 39.1 Å². The Kier molecular flexibility index (Phi) is 5.67. The van der Waals surface area contributed by atoms with E-state index in [0.717, 1.165) is 11.3 Å². The number of benzene rings is 2.